The molecule has 1 heterocycles. The summed E-state index contributed by atoms with van der Waals surface area (Å²) in [6.45, 7) is 0. The molecule has 0 aliphatic rings. The molecule has 3 nitrogen and oxygen atoms in total. The van der Waals surface area contributed by atoms with E-state index in [1.165, 1.54) is 3.57 Å². The third-order valence-corrected chi connectivity index (χ3v) is 3.23. The van der Waals surface area contributed by atoms with Crippen molar-refractivity contribution in [2.75, 3.05) is 0 Å². The fourth-order valence-corrected chi connectivity index (χ4v) is 1.72. The second kappa shape index (κ2) is 5.58. The highest BCUT2D eigenvalue weighted by Gasteiger charge is 2.00. The zero-order chi connectivity index (χ0) is 11.4. The quantitative estimate of drug-likeness (QED) is 0.591. The summed E-state index contributed by atoms with van der Waals surface area (Å²) in [4.78, 5) is 8.20. The number of hydrogen-bond donors (Lipinski definition) is 0. The van der Waals surface area contributed by atoms with Crippen molar-refractivity contribution in [2.24, 2.45) is 0 Å². The van der Waals surface area contributed by atoms with Crippen LogP contribution in [0.25, 0.3) is 0 Å². The molecule has 0 saturated heterocycles. The molecule has 0 bridgehead atoms. The van der Waals surface area contributed by atoms with E-state index in [1.54, 1.807) is 12.4 Å². The van der Waals surface area contributed by atoms with Gasteiger partial charge in [-0.2, -0.15) is 0 Å². The van der Waals surface area contributed by atoms with E-state index in [0.29, 0.717) is 6.01 Å². The lowest BCUT2D eigenvalue weighted by Gasteiger charge is -2.03. The number of halogens is 2. The summed E-state index contributed by atoms with van der Waals surface area (Å²) >= 11 is 5.58. The van der Waals surface area contributed by atoms with Crippen LogP contribution in [0.3, 0.4) is 0 Å². The van der Waals surface area contributed by atoms with Crippen molar-refractivity contribution in [3.8, 4) is 11.8 Å². The van der Waals surface area contributed by atoms with Crippen molar-refractivity contribution >= 4 is 38.5 Å². The third-order valence-electron chi connectivity index (χ3n) is 1.86. The van der Waals surface area contributed by atoms with Gasteiger partial charge in [0.2, 0.25) is 0 Å². The number of hydrogen-bond acceptors (Lipinski definition) is 3. The summed E-state index contributed by atoms with van der Waals surface area (Å²) in [5.41, 5.74) is 1.02. The van der Waals surface area contributed by atoms with Gasteiger partial charge in [-0.3, -0.25) is 0 Å². The zero-order valence-corrected chi connectivity index (χ0v) is 12.0. The maximum Gasteiger partial charge on any atom is 0.321 e. The highest BCUT2D eigenvalue weighted by molar-refractivity contribution is 14.1. The van der Waals surface area contributed by atoms with Crippen LogP contribution in [0.5, 0.6) is 11.8 Å². The van der Waals surface area contributed by atoms with Crippen LogP contribution in [0, 0.1) is 3.57 Å². The lowest BCUT2D eigenvalue weighted by atomic mass is 10.3. The molecular weight excluding hydrogens is 383 g/mol. The van der Waals surface area contributed by atoms with Crippen molar-refractivity contribution in [1.29, 1.82) is 0 Å². The average Bonchev–Trinajstić information content (AvgIpc) is 2.33. The molecule has 0 atom stereocenters. The van der Waals surface area contributed by atoms with Crippen LogP contribution in [-0.2, 0) is 5.33 Å². The van der Waals surface area contributed by atoms with Crippen LogP contribution in [0.4, 0.5) is 0 Å². The number of rotatable bonds is 3. The summed E-state index contributed by atoms with van der Waals surface area (Å²) < 4.78 is 6.66. The van der Waals surface area contributed by atoms with Crippen LogP contribution in [0.1, 0.15) is 5.56 Å². The standard InChI is InChI=1S/C11H8BrIN2O/c12-5-8-6-14-11(15-7-8)16-10-3-1-9(13)2-4-10/h1-4,6-7H,5H2. The first-order chi connectivity index (χ1) is 7.78. The van der Waals surface area contributed by atoms with Crippen molar-refractivity contribution in [2.45, 2.75) is 5.33 Å². The lowest BCUT2D eigenvalue weighted by molar-refractivity contribution is 0.441. The molecule has 1 aromatic heterocycles. The molecule has 2 rings (SSSR count). The van der Waals surface area contributed by atoms with Crippen LogP contribution < -0.4 is 4.74 Å². The van der Waals surface area contributed by atoms with Gasteiger partial charge in [-0.05, 0) is 52.4 Å². The number of nitrogens with zero attached hydrogens (tertiary/aromatic N) is 2. The summed E-state index contributed by atoms with van der Waals surface area (Å²) in [5, 5.41) is 0.747. The van der Waals surface area contributed by atoms with E-state index in [-0.39, 0.29) is 0 Å². The van der Waals surface area contributed by atoms with Gasteiger partial charge in [0, 0.05) is 21.3 Å². The largest absolute Gasteiger partial charge is 0.424 e. The fourth-order valence-electron chi connectivity index (χ4n) is 1.07. The molecule has 0 spiro atoms. The van der Waals surface area contributed by atoms with Crippen molar-refractivity contribution < 1.29 is 4.74 Å². The molecule has 0 amide bonds. The van der Waals surface area contributed by atoms with Crippen LogP contribution in [0.15, 0.2) is 36.7 Å². The third kappa shape index (κ3) is 3.15. The van der Waals surface area contributed by atoms with Gasteiger partial charge in [0.1, 0.15) is 5.75 Å². The van der Waals surface area contributed by atoms with E-state index in [4.69, 9.17) is 4.74 Å². The topological polar surface area (TPSA) is 35.0 Å². The van der Waals surface area contributed by atoms with Gasteiger partial charge in [-0.1, -0.05) is 15.9 Å². The Kier molecular flexibility index (Phi) is 4.11. The van der Waals surface area contributed by atoms with Gasteiger partial charge in [0.25, 0.3) is 0 Å². The minimum atomic E-state index is 0.367. The molecule has 5 heteroatoms. The molecule has 0 aliphatic heterocycles. The van der Waals surface area contributed by atoms with Gasteiger partial charge in [0.05, 0.1) is 0 Å². The lowest BCUT2D eigenvalue weighted by Crippen LogP contribution is -1.92. The molecule has 0 aliphatic carbocycles. The van der Waals surface area contributed by atoms with E-state index < -0.39 is 0 Å². The van der Waals surface area contributed by atoms with E-state index in [0.717, 1.165) is 16.6 Å². The number of benzene rings is 1. The molecule has 0 saturated carbocycles. The molecule has 2 aromatic rings. The fraction of sp³-hybridized carbons (Fsp3) is 0.0909. The van der Waals surface area contributed by atoms with Gasteiger partial charge >= 0.3 is 6.01 Å². The SMILES string of the molecule is BrCc1cnc(Oc2ccc(I)cc2)nc1. The second-order valence-corrected chi connectivity index (χ2v) is 4.87. The van der Waals surface area contributed by atoms with Crippen LogP contribution in [0.2, 0.25) is 0 Å². The first kappa shape index (κ1) is 11.8. The Bertz CT molecular complexity index is 458. The maximum absolute atomic E-state index is 5.49. The number of ether oxygens (including phenoxy) is 1. The van der Waals surface area contributed by atoms with Crippen LogP contribution >= 0.6 is 38.5 Å². The van der Waals surface area contributed by atoms with Gasteiger partial charge in [-0.15, -0.1) is 0 Å². The molecule has 0 fully saturated rings. The minimum absolute atomic E-state index is 0.367. The minimum Gasteiger partial charge on any atom is -0.424 e. The second-order valence-electron chi connectivity index (χ2n) is 3.06. The zero-order valence-electron chi connectivity index (χ0n) is 8.23. The van der Waals surface area contributed by atoms with Crippen molar-refractivity contribution in [3.63, 3.8) is 0 Å². The monoisotopic (exact) mass is 390 g/mol. The Morgan fingerprint density at radius 2 is 1.75 bits per heavy atom. The Balaban J connectivity index is 2.11. The molecule has 1 aromatic carbocycles. The van der Waals surface area contributed by atoms with Gasteiger partial charge < -0.3 is 4.74 Å². The number of alkyl halides is 1. The Hall–Kier alpha value is -0.690. The van der Waals surface area contributed by atoms with E-state index in [2.05, 4.69) is 48.5 Å². The molecular formula is C11H8BrIN2O. The maximum atomic E-state index is 5.49. The number of aromatic nitrogens is 2. The summed E-state index contributed by atoms with van der Waals surface area (Å²) in [6, 6.07) is 8.10. The smallest absolute Gasteiger partial charge is 0.321 e. The van der Waals surface area contributed by atoms with E-state index >= 15 is 0 Å². The summed E-state index contributed by atoms with van der Waals surface area (Å²) in [7, 11) is 0. The van der Waals surface area contributed by atoms with E-state index in [1.807, 2.05) is 24.3 Å². The first-order valence-corrected chi connectivity index (χ1v) is 6.78. The van der Waals surface area contributed by atoms with Crippen LogP contribution in [-0.4, -0.2) is 9.97 Å². The average molecular weight is 391 g/mol. The van der Waals surface area contributed by atoms with Crippen molar-refractivity contribution in [3.05, 3.63) is 45.8 Å². The molecule has 0 unspecified atom stereocenters. The Labute approximate surface area is 116 Å². The summed E-state index contributed by atoms with van der Waals surface area (Å²) in [6.07, 6.45) is 3.48. The van der Waals surface area contributed by atoms with Gasteiger partial charge in [-0.25, -0.2) is 9.97 Å². The Morgan fingerprint density at radius 3 is 2.31 bits per heavy atom. The molecule has 0 N–H and O–H groups in total. The highest BCUT2D eigenvalue weighted by atomic mass is 127. The van der Waals surface area contributed by atoms with Gasteiger partial charge in [0.15, 0.2) is 0 Å². The summed E-state index contributed by atoms with van der Waals surface area (Å²) in [5.74, 6) is 0.743. The molecule has 0 radical (unpaired) electrons. The highest BCUT2D eigenvalue weighted by Crippen LogP contribution is 2.18. The Morgan fingerprint density at radius 1 is 1.12 bits per heavy atom. The molecule has 82 valence electrons. The molecule has 16 heavy (non-hydrogen) atoms. The predicted octanol–water partition coefficient (Wildman–Crippen LogP) is 3.77. The first-order valence-electron chi connectivity index (χ1n) is 4.58. The normalized spacial score (nSPS) is 10.1. The van der Waals surface area contributed by atoms with E-state index in [9.17, 15) is 0 Å². The predicted molar refractivity (Wildman–Crippen MR) is 73.9 cm³/mol. The van der Waals surface area contributed by atoms with Crippen molar-refractivity contribution in [1.82, 2.24) is 9.97 Å².